The Balaban J connectivity index is 2.17. The predicted octanol–water partition coefficient (Wildman–Crippen LogP) is 3.45. The zero-order valence-corrected chi connectivity index (χ0v) is 10.6. The fraction of sp³-hybridized carbons (Fsp3) is 0.200. The molecule has 3 nitrogen and oxygen atoms in total. The summed E-state index contributed by atoms with van der Waals surface area (Å²) in [6.07, 6.45) is -0.192. The highest BCUT2D eigenvalue weighted by atomic mass is 16.5. The maximum absolute atomic E-state index is 5.47. The highest BCUT2D eigenvalue weighted by molar-refractivity contribution is 5.45. The van der Waals surface area contributed by atoms with Crippen molar-refractivity contribution in [2.45, 2.75) is 6.23 Å². The van der Waals surface area contributed by atoms with Gasteiger partial charge < -0.3 is 14.8 Å². The van der Waals surface area contributed by atoms with Crippen molar-refractivity contribution >= 4 is 5.69 Å². The number of nitrogens with one attached hydrogen (secondary N) is 1. The van der Waals surface area contributed by atoms with Crippen LogP contribution in [0.25, 0.3) is 0 Å². The van der Waals surface area contributed by atoms with Gasteiger partial charge in [-0.25, -0.2) is 0 Å². The molecule has 0 bridgehead atoms. The third kappa shape index (κ3) is 3.02. The second-order valence-corrected chi connectivity index (χ2v) is 3.90. The Morgan fingerprint density at radius 1 is 0.944 bits per heavy atom. The summed E-state index contributed by atoms with van der Waals surface area (Å²) in [5, 5.41) is 3.32. The average Bonchev–Trinajstić information content (AvgIpc) is 2.46. The number of hydrogen-bond acceptors (Lipinski definition) is 3. The molecule has 2 aromatic rings. The number of para-hydroxylation sites is 1. The highest BCUT2D eigenvalue weighted by Crippen LogP contribution is 2.23. The molecule has 3 heteroatoms. The first-order chi connectivity index (χ1) is 8.83. The Hall–Kier alpha value is -2.00. The van der Waals surface area contributed by atoms with Crippen LogP contribution in [-0.2, 0) is 4.74 Å². The van der Waals surface area contributed by atoms with E-state index >= 15 is 0 Å². The molecule has 0 aliphatic heterocycles. The van der Waals surface area contributed by atoms with Crippen molar-refractivity contribution in [1.29, 1.82) is 0 Å². The van der Waals surface area contributed by atoms with Crippen molar-refractivity contribution in [3.05, 3.63) is 60.2 Å². The van der Waals surface area contributed by atoms with Crippen molar-refractivity contribution in [3.8, 4) is 5.75 Å². The van der Waals surface area contributed by atoms with Gasteiger partial charge in [-0.1, -0.05) is 30.3 Å². The molecule has 2 aromatic carbocycles. The van der Waals surface area contributed by atoms with E-state index in [1.807, 2.05) is 54.6 Å². The van der Waals surface area contributed by atoms with Crippen molar-refractivity contribution in [2.75, 3.05) is 19.5 Å². The van der Waals surface area contributed by atoms with Crippen molar-refractivity contribution in [2.24, 2.45) is 0 Å². The first-order valence-corrected chi connectivity index (χ1v) is 5.82. The van der Waals surface area contributed by atoms with Crippen LogP contribution in [0.3, 0.4) is 0 Å². The van der Waals surface area contributed by atoms with Gasteiger partial charge in [-0.3, -0.25) is 0 Å². The minimum atomic E-state index is -0.192. The van der Waals surface area contributed by atoms with Gasteiger partial charge in [0.25, 0.3) is 0 Å². The summed E-state index contributed by atoms with van der Waals surface area (Å²) in [4.78, 5) is 0. The minimum absolute atomic E-state index is 0.192. The molecule has 0 aliphatic rings. The summed E-state index contributed by atoms with van der Waals surface area (Å²) >= 11 is 0. The van der Waals surface area contributed by atoms with Gasteiger partial charge in [0, 0.05) is 18.4 Å². The Kier molecular flexibility index (Phi) is 4.20. The zero-order valence-electron chi connectivity index (χ0n) is 10.6. The molecule has 0 aromatic heterocycles. The van der Waals surface area contributed by atoms with Crippen molar-refractivity contribution < 1.29 is 9.47 Å². The summed E-state index contributed by atoms with van der Waals surface area (Å²) in [6, 6.07) is 17.8. The van der Waals surface area contributed by atoms with E-state index in [1.165, 1.54) is 0 Å². The molecule has 2 rings (SSSR count). The van der Waals surface area contributed by atoms with E-state index in [1.54, 1.807) is 14.2 Å². The van der Waals surface area contributed by atoms with Crippen LogP contribution in [0.15, 0.2) is 54.6 Å². The van der Waals surface area contributed by atoms with Crippen LogP contribution in [0, 0.1) is 0 Å². The van der Waals surface area contributed by atoms with Crippen LogP contribution in [0.2, 0.25) is 0 Å². The van der Waals surface area contributed by atoms with Crippen LogP contribution >= 0.6 is 0 Å². The highest BCUT2D eigenvalue weighted by Gasteiger charge is 2.10. The molecular weight excluding hydrogens is 226 g/mol. The molecule has 18 heavy (non-hydrogen) atoms. The van der Waals surface area contributed by atoms with Crippen molar-refractivity contribution in [3.63, 3.8) is 0 Å². The fourth-order valence-corrected chi connectivity index (χ4v) is 1.77. The molecule has 1 N–H and O–H groups in total. The van der Waals surface area contributed by atoms with Gasteiger partial charge in [0.05, 0.1) is 7.11 Å². The zero-order chi connectivity index (χ0) is 12.8. The summed E-state index contributed by atoms with van der Waals surface area (Å²) < 4.78 is 10.7. The smallest absolute Gasteiger partial charge is 0.153 e. The van der Waals surface area contributed by atoms with E-state index in [4.69, 9.17) is 9.47 Å². The molecule has 0 fully saturated rings. The Morgan fingerprint density at radius 2 is 1.72 bits per heavy atom. The summed E-state index contributed by atoms with van der Waals surface area (Å²) in [6.45, 7) is 0. The average molecular weight is 243 g/mol. The van der Waals surface area contributed by atoms with Crippen LogP contribution in [0.1, 0.15) is 11.8 Å². The molecular formula is C15H17NO2. The standard InChI is InChI=1S/C15H17NO2/c1-17-14-10-6-7-12(11-14)15(18-2)16-13-8-4-3-5-9-13/h3-11,15-16H,1-2H3. The van der Waals surface area contributed by atoms with E-state index < -0.39 is 0 Å². The van der Waals surface area contributed by atoms with Crippen molar-refractivity contribution in [1.82, 2.24) is 0 Å². The number of hydrogen-bond donors (Lipinski definition) is 1. The monoisotopic (exact) mass is 243 g/mol. The summed E-state index contributed by atoms with van der Waals surface area (Å²) in [7, 11) is 3.34. The van der Waals surface area contributed by atoms with E-state index in [0.717, 1.165) is 17.0 Å². The van der Waals surface area contributed by atoms with E-state index in [-0.39, 0.29) is 6.23 Å². The normalized spacial score (nSPS) is 11.9. The van der Waals surface area contributed by atoms with Gasteiger partial charge >= 0.3 is 0 Å². The van der Waals surface area contributed by atoms with Gasteiger partial charge in [0.1, 0.15) is 5.75 Å². The Labute approximate surface area is 107 Å². The molecule has 0 saturated heterocycles. The third-order valence-electron chi connectivity index (χ3n) is 2.70. The van der Waals surface area contributed by atoms with Crippen LogP contribution in [0.5, 0.6) is 5.75 Å². The van der Waals surface area contributed by atoms with Gasteiger partial charge in [0.2, 0.25) is 0 Å². The molecule has 0 heterocycles. The molecule has 1 atom stereocenters. The van der Waals surface area contributed by atoms with E-state index in [9.17, 15) is 0 Å². The topological polar surface area (TPSA) is 30.5 Å². The Morgan fingerprint density at radius 3 is 2.39 bits per heavy atom. The largest absolute Gasteiger partial charge is 0.497 e. The molecule has 94 valence electrons. The molecule has 0 spiro atoms. The number of benzene rings is 2. The summed E-state index contributed by atoms with van der Waals surface area (Å²) in [5.41, 5.74) is 2.05. The SMILES string of the molecule is COc1cccc(C(Nc2ccccc2)OC)c1. The van der Waals surface area contributed by atoms with Gasteiger partial charge in [-0.2, -0.15) is 0 Å². The third-order valence-corrected chi connectivity index (χ3v) is 2.70. The van der Waals surface area contributed by atoms with Gasteiger partial charge in [-0.15, -0.1) is 0 Å². The van der Waals surface area contributed by atoms with Crippen LogP contribution in [-0.4, -0.2) is 14.2 Å². The number of anilines is 1. The molecule has 0 saturated carbocycles. The quantitative estimate of drug-likeness (QED) is 0.816. The van der Waals surface area contributed by atoms with E-state index in [0.29, 0.717) is 0 Å². The lowest BCUT2D eigenvalue weighted by Crippen LogP contribution is -2.12. The lowest BCUT2D eigenvalue weighted by atomic mass is 10.2. The molecule has 0 amide bonds. The fourth-order valence-electron chi connectivity index (χ4n) is 1.77. The molecule has 1 unspecified atom stereocenters. The number of rotatable bonds is 5. The van der Waals surface area contributed by atoms with Gasteiger partial charge in [0.15, 0.2) is 6.23 Å². The second kappa shape index (κ2) is 6.07. The van der Waals surface area contributed by atoms with Crippen LogP contribution in [0.4, 0.5) is 5.69 Å². The minimum Gasteiger partial charge on any atom is -0.497 e. The first kappa shape index (κ1) is 12.5. The lowest BCUT2D eigenvalue weighted by Gasteiger charge is -2.19. The van der Waals surface area contributed by atoms with Gasteiger partial charge in [-0.05, 0) is 24.3 Å². The Bertz CT molecular complexity index is 485. The number of ether oxygens (including phenoxy) is 2. The van der Waals surface area contributed by atoms with E-state index in [2.05, 4.69) is 5.32 Å². The van der Waals surface area contributed by atoms with Crippen LogP contribution < -0.4 is 10.1 Å². The molecule has 0 aliphatic carbocycles. The predicted molar refractivity (Wildman–Crippen MR) is 72.8 cm³/mol. The maximum atomic E-state index is 5.47. The lowest BCUT2D eigenvalue weighted by molar-refractivity contribution is 0.126. The maximum Gasteiger partial charge on any atom is 0.153 e. The first-order valence-electron chi connectivity index (χ1n) is 5.82. The molecule has 0 radical (unpaired) electrons. The second-order valence-electron chi connectivity index (χ2n) is 3.90. The number of methoxy groups -OCH3 is 2. The summed E-state index contributed by atoms with van der Waals surface area (Å²) in [5.74, 6) is 0.824.